The molecule has 2 amide bonds. The smallest absolute Gasteiger partial charge is 0.255 e. The number of para-hydroxylation sites is 1. The monoisotopic (exact) mass is 522 g/mol. The molecule has 3 aromatic carbocycles. The van der Waals surface area contributed by atoms with Crippen molar-refractivity contribution in [2.45, 2.75) is 39.7 Å². The van der Waals surface area contributed by atoms with Crippen molar-refractivity contribution in [3.8, 4) is 11.3 Å². The van der Waals surface area contributed by atoms with E-state index in [1.807, 2.05) is 41.3 Å². The molecule has 0 fully saturated rings. The summed E-state index contributed by atoms with van der Waals surface area (Å²) in [5.74, 6) is -0.0418. The maximum Gasteiger partial charge on any atom is 0.255 e. The van der Waals surface area contributed by atoms with Crippen molar-refractivity contribution in [1.29, 1.82) is 0 Å². The molecule has 0 radical (unpaired) electrons. The lowest BCUT2D eigenvalue weighted by atomic mass is 9.93. The molecule has 0 saturated heterocycles. The molecule has 2 N–H and O–H groups in total. The maximum atomic E-state index is 13.7. The van der Waals surface area contributed by atoms with Crippen molar-refractivity contribution < 1.29 is 9.59 Å². The van der Waals surface area contributed by atoms with Gasteiger partial charge >= 0.3 is 0 Å². The second-order valence-corrected chi connectivity index (χ2v) is 10.3. The molecule has 202 valence electrons. The highest BCUT2D eigenvalue weighted by Crippen LogP contribution is 2.45. The van der Waals surface area contributed by atoms with Crippen LogP contribution in [0, 0.1) is 6.92 Å². The molecule has 0 saturated carbocycles. The van der Waals surface area contributed by atoms with Crippen LogP contribution < -0.4 is 5.32 Å². The second-order valence-electron chi connectivity index (χ2n) is 10.3. The fourth-order valence-electron chi connectivity index (χ4n) is 5.69. The molecule has 6 heteroatoms. The molecule has 1 aliphatic heterocycles. The zero-order chi connectivity index (χ0) is 27.4. The van der Waals surface area contributed by atoms with E-state index in [0.717, 1.165) is 59.3 Å². The predicted octanol–water partition coefficient (Wildman–Crippen LogP) is 5.93. The molecule has 1 aliphatic rings. The normalized spacial score (nSPS) is 14.8. The Morgan fingerprint density at radius 3 is 2.46 bits per heavy atom. The lowest BCUT2D eigenvalue weighted by molar-refractivity contribution is -0.121. The van der Waals surface area contributed by atoms with Crippen LogP contribution in [0.25, 0.3) is 22.2 Å². The van der Waals surface area contributed by atoms with E-state index in [0.29, 0.717) is 18.7 Å². The van der Waals surface area contributed by atoms with Gasteiger partial charge in [0, 0.05) is 41.5 Å². The minimum absolute atomic E-state index is 0.0188. The lowest BCUT2D eigenvalue weighted by Gasteiger charge is -2.26. The number of rotatable bonds is 11. The van der Waals surface area contributed by atoms with Gasteiger partial charge in [-0.3, -0.25) is 9.59 Å². The summed E-state index contributed by atoms with van der Waals surface area (Å²) in [6.07, 6.45) is 1.18. The van der Waals surface area contributed by atoms with Crippen molar-refractivity contribution in [3.63, 3.8) is 0 Å². The van der Waals surface area contributed by atoms with E-state index in [-0.39, 0.29) is 24.3 Å². The van der Waals surface area contributed by atoms with Crippen LogP contribution in [0.3, 0.4) is 0 Å². The van der Waals surface area contributed by atoms with Crippen LogP contribution in [0.2, 0.25) is 0 Å². The Labute approximate surface area is 231 Å². The zero-order valence-electron chi connectivity index (χ0n) is 23.2. The van der Waals surface area contributed by atoms with Crippen molar-refractivity contribution >= 4 is 22.7 Å². The van der Waals surface area contributed by atoms with Gasteiger partial charge in [0.15, 0.2) is 0 Å². The number of carbonyl (C=O) groups excluding carboxylic acids is 2. The first-order valence-electron chi connectivity index (χ1n) is 14.1. The fourth-order valence-corrected chi connectivity index (χ4v) is 5.69. The van der Waals surface area contributed by atoms with Gasteiger partial charge in [-0.2, -0.15) is 0 Å². The van der Waals surface area contributed by atoms with E-state index >= 15 is 0 Å². The van der Waals surface area contributed by atoms with Gasteiger partial charge < -0.3 is 20.1 Å². The minimum Gasteiger partial charge on any atom is -0.356 e. The van der Waals surface area contributed by atoms with Crippen molar-refractivity contribution in [2.75, 3.05) is 32.7 Å². The Morgan fingerprint density at radius 1 is 0.974 bits per heavy atom. The van der Waals surface area contributed by atoms with Gasteiger partial charge in [-0.05, 0) is 56.2 Å². The van der Waals surface area contributed by atoms with Crippen LogP contribution in [0.1, 0.15) is 59.8 Å². The number of H-pyrrole nitrogens is 1. The second kappa shape index (κ2) is 11.9. The Kier molecular flexibility index (Phi) is 8.13. The van der Waals surface area contributed by atoms with Crippen LogP contribution in [0.15, 0.2) is 72.8 Å². The Hall–Kier alpha value is -3.90. The van der Waals surface area contributed by atoms with E-state index in [2.05, 4.69) is 72.4 Å². The Morgan fingerprint density at radius 2 is 1.69 bits per heavy atom. The van der Waals surface area contributed by atoms with Crippen LogP contribution in [0.4, 0.5) is 0 Å². The van der Waals surface area contributed by atoms with E-state index in [1.54, 1.807) is 0 Å². The molecule has 0 aliphatic carbocycles. The number of hydrogen-bond acceptors (Lipinski definition) is 3. The average molecular weight is 523 g/mol. The molecule has 1 atom stereocenters. The number of aromatic amines is 1. The molecule has 0 bridgehead atoms. The van der Waals surface area contributed by atoms with Crippen LogP contribution in [-0.2, 0) is 4.79 Å². The Bertz CT molecular complexity index is 1450. The number of aryl methyl sites for hydroxylation is 1. The van der Waals surface area contributed by atoms with Gasteiger partial charge in [0.2, 0.25) is 5.91 Å². The molecule has 0 spiro atoms. The third kappa shape index (κ3) is 5.48. The highest BCUT2D eigenvalue weighted by Gasteiger charge is 2.40. The molecule has 5 rings (SSSR count). The number of nitrogens with one attached hydrogen (secondary N) is 2. The molecular weight excluding hydrogens is 484 g/mol. The highest BCUT2D eigenvalue weighted by molar-refractivity contribution is 6.02. The molecule has 6 nitrogen and oxygen atoms in total. The summed E-state index contributed by atoms with van der Waals surface area (Å²) < 4.78 is 0. The van der Waals surface area contributed by atoms with Crippen molar-refractivity contribution in [2.24, 2.45) is 0 Å². The number of carbonyl (C=O) groups is 2. The number of aromatic nitrogens is 1. The first-order valence-corrected chi connectivity index (χ1v) is 14.1. The van der Waals surface area contributed by atoms with E-state index in [9.17, 15) is 9.59 Å². The summed E-state index contributed by atoms with van der Waals surface area (Å²) >= 11 is 0. The third-order valence-corrected chi connectivity index (χ3v) is 7.87. The van der Waals surface area contributed by atoms with E-state index in [1.165, 1.54) is 5.56 Å². The third-order valence-electron chi connectivity index (χ3n) is 7.87. The molecule has 0 unspecified atom stereocenters. The summed E-state index contributed by atoms with van der Waals surface area (Å²) in [6, 6.07) is 24.3. The summed E-state index contributed by atoms with van der Waals surface area (Å²) in [5, 5.41) is 4.15. The molecule has 39 heavy (non-hydrogen) atoms. The van der Waals surface area contributed by atoms with Crippen LogP contribution in [-0.4, -0.2) is 59.3 Å². The van der Waals surface area contributed by atoms with E-state index < -0.39 is 0 Å². The minimum atomic E-state index is -0.281. The van der Waals surface area contributed by atoms with Crippen molar-refractivity contribution in [1.82, 2.24) is 20.1 Å². The maximum absolute atomic E-state index is 13.7. The first kappa shape index (κ1) is 26.7. The van der Waals surface area contributed by atoms with Crippen LogP contribution in [0.5, 0.6) is 0 Å². The largest absolute Gasteiger partial charge is 0.356 e. The lowest BCUT2D eigenvalue weighted by Crippen LogP contribution is -2.35. The summed E-state index contributed by atoms with van der Waals surface area (Å²) in [7, 11) is 0. The molecular formula is C33H38N4O2. The first-order chi connectivity index (χ1) is 19.0. The SMILES string of the molecule is CCN(CC)CCCNC(=O)CCN1C(=O)c2ccccc2[C@@H]1c1c(-c2ccc(C)cc2)[nH]c2ccccc12. The van der Waals surface area contributed by atoms with Gasteiger partial charge in [-0.1, -0.05) is 80.1 Å². The average Bonchev–Trinajstić information content (AvgIpc) is 3.47. The topological polar surface area (TPSA) is 68.4 Å². The standard InChI is InChI=1S/C33H38N4O2/c1-4-36(5-2)21-10-20-34-29(38)19-22-37-32(25-11-6-7-12-26(25)33(37)39)30-27-13-8-9-14-28(27)35-31(30)24-17-15-23(3)16-18-24/h6-9,11-18,32,35H,4-5,10,19-22H2,1-3H3,(H,34,38)/t32-/m1/s1. The van der Waals surface area contributed by atoms with Crippen LogP contribution >= 0.6 is 0 Å². The number of amides is 2. The van der Waals surface area contributed by atoms with Gasteiger partial charge in [-0.25, -0.2) is 0 Å². The van der Waals surface area contributed by atoms with Crippen molar-refractivity contribution in [3.05, 3.63) is 95.1 Å². The number of nitrogens with zero attached hydrogens (tertiary/aromatic N) is 2. The fraction of sp³-hybridized carbons (Fsp3) is 0.333. The quantitative estimate of drug-likeness (QED) is 0.240. The Balaban J connectivity index is 1.44. The number of benzene rings is 3. The van der Waals surface area contributed by atoms with Gasteiger partial charge in [0.05, 0.1) is 11.7 Å². The number of hydrogen-bond donors (Lipinski definition) is 2. The molecule has 4 aromatic rings. The summed E-state index contributed by atoms with van der Waals surface area (Å²) in [6.45, 7) is 10.4. The van der Waals surface area contributed by atoms with Gasteiger partial charge in [0.1, 0.15) is 0 Å². The number of fused-ring (bicyclic) bond motifs is 2. The predicted molar refractivity (Wildman–Crippen MR) is 158 cm³/mol. The molecule has 2 heterocycles. The van der Waals surface area contributed by atoms with Gasteiger partial charge in [-0.15, -0.1) is 0 Å². The summed E-state index contributed by atoms with van der Waals surface area (Å²) in [5.41, 5.74) is 7.09. The molecule has 1 aromatic heterocycles. The zero-order valence-corrected chi connectivity index (χ0v) is 23.2. The summed E-state index contributed by atoms with van der Waals surface area (Å²) in [4.78, 5) is 34.4. The van der Waals surface area contributed by atoms with E-state index in [4.69, 9.17) is 0 Å². The van der Waals surface area contributed by atoms with Gasteiger partial charge in [0.25, 0.3) is 5.91 Å². The highest BCUT2D eigenvalue weighted by atomic mass is 16.2.